The van der Waals surface area contributed by atoms with Gasteiger partial charge < -0.3 is 15.0 Å². The fourth-order valence-electron chi connectivity index (χ4n) is 3.26. The lowest BCUT2D eigenvalue weighted by molar-refractivity contribution is -0.153. The summed E-state index contributed by atoms with van der Waals surface area (Å²) in [7, 11) is 3.91. The number of rotatable bonds is 5. The molecule has 1 N–H and O–H groups in total. The fraction of sp³-hybridized carbons (Fsp3) is 0.364. The van der Waals surface area contributed by atoms with Crippen molar-refractivity contribution in [1.82, 2.24) is 5.32 Å². The molecule has 5 nitrogen and oxygen atoms in total. The van der Waals surface area contributed by atoms with Gasteiger partial charge in [0.25, 0.3) is 5.91 Å². The third-order valence-corrected chi connectivity index (χ3v) is 4.85. The third-order valence-electron chi connectivity index (χ3n) is 4.85. The lowest BCUT2D eigenvalue weighted by atomic mass is 10.1. The van der Waals surface area contributed by atoms with Gasteiger partial charge in [-0.1, -0.05) is 38.1 Å². The summed E-state index contributed by atoms with van der Waals surface area (Å²) >= 11 is 0. The second kappa shape index (κ2) is 7.82. The lowest BCUT2D eigenvalue weighted by Gasteiger charge is -2.23. The van der Waals surface area contributed by atoms with Crippen LogP contribution in [0.15, 0.2) is 48.5 Å². The van der Waals surface area contributed by atoms with Gasteiger partial charge in [0, 0.05) is 31.8 Å². The Bertz CT molecular complexity index is 828. The summed E-state index contributed by atoms with van der Waals surface area (Å²) < 4.78 is 5.69. The SMILES string of the molecule is CC(C)C(=O)O[C@@H]1Cc2ccccc2[C@@H]1NC(=O)c1ccc(N(C)C)cc1. The molecule has 0 radical (unpaired) electrons. The van der Waals surface area contributed by atoms with E-state index in [2.05, 4.69) is 5.32 Å². The zero-order chi connectivity index (χ0) is 19.6. The van der Waals surface area contributed by atoms with E-state index in [1.54, 1.807) is 12.1 Å². The van der Waals surface area contributed by atoms with Crippen molar-refractivity contribution < 1.29 is 14.3 Å². The molecule has 0 saturated heterocycles. The molecular formula is C22H26N2O3. The Morgan fingerprint density at radius 2 is 1.74 bits per heavy atom. The molecule has 0 spiro atoms. The van der Waals surface area contributed by atoms with Crippen molar-refractivity contribution >= 4 is 17.6 Å². The minimum absolute atomic E-state index is 0.174. The largest absolute Gasteiger partial charge is 0.459 e. The molecule has 2 atom stereocenters. The maximum atomic E-state index is 12.8. The molecule has 0 unspecified atom stereocenters. The summed E-state index contributed by atoms with van der Waals surface area (Å²) in [5.41, 5.74) is 3.73. The number of amides is 1. The molecule has 142 valence electrons. The fourth-order valence-corrected chi connectivity index (χ4v) is 3.26. The molecule has 5 heteroatoms. The van der Waals surface area contributed by atoms with Gasteiger partial charge in [-0.15, -0.1) is 0 Å². The van der Waals surface area contributed by atoms with Gasteiger partial charge in [0.2, 0.25) is 0 Å². The summed E-state index contributed by atoms with van der Waals surface area (Å²) in [6.45, 7) is 3.62. The molecule has 1 aliphatic carbocycles. The predicted molar refractivity (Wildman–Crippen MR) is 106 cm³/mol. The van der Waals surface area contributed by atoms with Crippen LogP contribution in [0.25, 0.3) is 0 Å². The van der Waals surface area contributed by atoms with Crippen LogP contribution in [-0.2, 0) is 16.0 Å². The van der Waals surface area contributed by atoms with Crippen LogP contribution in [0.3, 0.4) is 0 Å². The molecule has 0 saturated carbocycles. The van der Waals surface area contributed by atoms with Crippen molar-refractivity contribution in [2.24, 2.45) is 5.92 Å². The number of hydrogen-bond acceptors (Lipinski definition) is 4. The van der Waals surface area contributed by atoms with E-state index in [9.17, 15) is 9.59 Å². The van der Waals surface area contributed by atoms with Crippen molar-refractivity contribution in [3.63, 3.8) is 0 Å². The minimum atomic E-state index is -0.387. The molecule has 2 aromatic carbocycles. The average Bonchev–Trinajstić information content (AvgIpc) is 2.99. The molecule has 0 aliphatic heterocycles. The number of benzene rings is 2. The van der Waals surface area contributed by atoms with E-state index in [-0.39, 0.29) is 29.9 Å². The first-order chi connectivity index (χ1) is 12.9. The molecule has 0 bridgehead atoms. The quantitative estimate of drug-likeness (QED) is 0.825. The highest BCUT2D eigenvalue weighted by molar-refractivity contribution is 5.95. The summed E-state index contributed by atoms with van der Waals surface area (Å²) in [5.74, 6) is -0.626. The Morgan fingerprint density at radius 3 is 2.37 bits per heavy atom. The van der Waals surface area contributed by atoms with E-state index in [0.717, 1.165) is 16.8 Å². The van der Waals surface area contributed by atoms with E-state index < -0.39 is 0 Å². The Hall–Kier alpha value is -2.82. The first-order valence-electron chi connectivity index (χ1n) is 9.23. The van der Waals surface area contributed by atoms with Crippen LogP contribution in [0.5, 0.6) is 0 Å². The number of carbonyl (C=O) groups excluding carboxylic acids is 2. The number of carbonyl (C=O) groups is 2. The molecule has 3 rings (SSSR count). The second-order valence-electron chi connectivity index (χ2n) is 7.43. The highest BCUT2D eigenvalue weighted by Crippen LogP contribution is 2.34. The van der Waals surface area contributed by atoms with Crippen LogP contribution in [0, 0.1) is 5.92 Å². The summed E-state index contributed by atoms with van der Waals surface area (Å²) in [4.78, 5) is 26.9. The third kappa shape index (κ3) is 4.13. The number of nitrogens with one attached hydrogen (secondary N) is 1. The van der Waals surface area contributed by atoms with Gasteiger partial charge in [-0.2, -0.15) is 0 Å². The van der Waals surface area contributed by atoms with Gasteiger partial charge in [-0.05, 0) is 35.4 Å². The molecule has 2 aromatic rings. The summed E-state index contributed by atoms with van der Waals surface area (Å²) in [5, 5.41) is 3.06. The first kappa shape index (κ1) is 19.0. The number of nitrogens with zero attached hydrogens (tertiary/aromatic N) is 1. The summed E-state index contributed by atoms with van der Waals surface area (Å²) in [6.07, 6.45) is 0.224. The Labute approximate surface area is 160 Å². The zero-order valence-corrected chi connectivity index (χ0v) is 16.2. The Balaban J connectivity index is 1.80. The normalized spacial score (nSPS) is 18.1. The van der Waals surface area contributed by atoms with Crippen molar-refractivity contribution in [3.05, 3.63) is 65.2 Å². The number of hydrogen-bond donors (Lipinski definition) is 1. The molecule has 0 fully saturated rings. The first-order valence-corrected chi connectivity index (χ1v) is 9.23. The average molecular weight is 366 g/mol. The van der Waals surface area contributed by atoms with Gasteiger partial charge in [-0.3, -0.25) is 9.59 Å². The lowest BCUT2D eigenvalue weighted by Crippen LogP contribution is -2.37. The minimum Gasteiger partial charge on any atom is -0.459 e. The maximum Gasteiger partial charge on any atom is 0.308 e. The van der Waals surface area contributed by atoms with Crippen molar-refractivity contribution in [2.45, 2.75) is 32.4 Å². The summed E-state index contributed by atoms with van der Waals surface area (Å²) in [6, 6.07) is 15.0. The topological polar surface area (TPSA) is 58.6 Å². The molecule has 0 aromatic heterocycles. The second-order valence-corrected chi connectivity index (χ2v) is 7.43. The van der Waals surface area contributed by atoms with Crippen LogP contribution in [-0.4, -0.2) is 32.1 Å². The van der Waals surface area contributed by atoms with Crippen molar-refractivity contribution in [3.8, 4) is 0 Å². The highest BCUT2D eigenvalue weighted by atomic mass is 16.5. The number of fused-ring (bicyclic) bond motifs is 1. The van der Waals surface area contributed by atoms with Gasteiger partial charge in [0.1, 0.15) is 6.10 Å². The molecule has 1 aliphatic rings. The Kier molecular flexibility index (Phi) is 5.49. The van der Waals surface area contributed by atoms with Crippen LogP contribution in [0.4, 0.5) is 5.69 Å². The number of esters is 1. The Morgan fingerprint density at radius 1 is 1.07 bits per heavy atom. The van der Waals surface area contributed by atoms with E-state index in [1.165, 1.54) is 0 Å². The van der Waals surface area contributed by atoms with Crippen LogP contribution < -0.4 is 10.2 Å². The van der Waals surface area contributed by atoms with Gasteiger partial charge in [0.15, 0.2) is 0 Å². The highest BCUT2D eigenvalue weighted by Gasteiger charge is 2.36. The molecule has 27 heavy (non-hydrogen) atoms. The van der Waals surface area contributed by atoms with Gasteiger partial charge >= 0.3 is 5.97 Å². The van der Waals surface area contributed by atoms with E-state index in [0.29, 0.717) is 12.0 Å². The van der Waals surface area contributed by atoms with Crippen molar-refractivity contribution in [2.75, 3.05) is 19.0 Å². The van der Waals surface area contributed by atoms with E-state index in [1.807, 2.05) is 69.2 Å². The zero-order valence-electron chi connectivity index (χ0n) is 16.2. The number of anilines is 1. The van der Waals surface area contributed by atoms with E-state index >= 15 is 0 Å². The van der Waals surface area contributed by atoms with E-state index in [4.69, 9.17) is 4.74 Å². The molecule has 0 heterocycles. The van der Waals surface area contributed by atoms with Gasteiger partial charge in [0.05, 0.1) is 12.0 Å². The molecule has 1 amide bonds. The molecular weight excluding hydrogens is 340 g/mol. The smallest absolute Gasteiger partial charge is 0.308 e. The van der Waals surface area contributed by atoms with Crippen molar-refractivity contribution in [1.29, 1.82) is 0 Å². The monoisotopic (exact) mass is 366 g/mol. The van der Waals surface area contributed by atoms with Crippen LogP contribution >= 0.6 is 0 Å². The van der Waals surface area contributed by atoms with Crippen LogP contribution in [0.2, 0.25) is 0 Å². The number of ether oxygens (including phenoxy) is 1. The van der Waals surface area contributed by atoms with Crippen LogP contribution in [0.1, 0.15) is 41.4 Å². The standard InChI is InChI=1S/C22H26N2O3/c1-14(2)22(26)27-19-13-16-7-5-6-8-18(16)20(19)23-21(25)15-9-11-17(12-10-15)24(3)4/h5-12,14,19-20H,13H2,1-4H3,(H,23,25)/t19-,20+/m1/s1. The van der Waals surface area contributed by atoms with Gasteiger partial charge in [-0.25, -0.2) is 0 Å². The predicted octanol–water partition coefficient (Wildman–Crippen LogP) is 3.35. The maximum absolute atomic E-state index is 12.8.